The standard InChI is InChI=1S/C11H17F3N2O3/c1-2-9(16-4-7-18-8-5-16)15-10(17)19-6-3-11(12,13)14/h2-8H2,1H3/b15-9-. The summed E-state index contributed by atoms with van der Waals surface area (Å²) in [5.74, 6) is 0.514. The molecule has 1 heterocycles. The van der Waals surface area contributed by atoms with E-state index in [1.807, 2.05) is 11.8 Å². The highest BCUT2D eigenvalue weighted by molar-refractivity contribution is 5.91. The van der Waals surface area contributed by atoms with Crippen LogP contribution in [0.4, 0.5) is 18.0 Å². The highest BCUT2D eigenvalue weighted by Crippen LogP contribution is 2.19. The van der Waals surface area contributed by atoms with Crippen LogP contribution in [-0.4, -0.2) is 55.9 Å². The predicted octanol–water partition coefficient (Wildman–Crippen LogP) is 2.22. The average molecular weight is 282 g/mol. The number of carbonyl (C=O) groups excluding carboxylic acids is 1. The van der Waals surface area contributed by atoms with Crippen LogP contribution in [0.5, 0.6) is 0 Å². The van der Waals surface area contributed by atoms with E-state index in [0.29, 0.717) is 38.6 Å². The van der Waals surface area contributed by atoms with E-state index in [9.17, 15) is 18.0 Å². The van der Waals surface area contributed by atoms with Crippen LogP contribution in [0.1, 0.15) is 19.8 Å². The molecule has 0 N–H and O–H groups in total. The summed E-state index contributed by atoms with van der Waals surface area (Å²) < 4.78 is 45.2. The Morgan fingerprint density at radius 2 is 2.00 bits per heavy atom. The molecule has 5 nitrogen and oxygen atoms in total. The second-order valence-corrected chi connectivity index (χ2v) is 3.96. The minimum Gasteiger partial charge on any atom is -0.448 e. The van der Waals surface area contributed by atoms with Crippen LogP contribution in [0, 0.1) is 0 Å². The fourth-order valence-corrected chi connectivity index (χ4v) is 1.59. The van der Waals surface area contributed by atoms with Crippen molar-refractivity contribution in [2.24, 2.45) is 4.99 Å². The van der Waals surface area contributed by atoms with Gasteiger partial charge >= 0.3 is 12.3 Å². The maximum absolute atomic E-state index is 11.9. The van der Waals surface area contributed by atoms with Gasteiger partial charge in [0.05, 0.1) is 19.6 Å². The van der Waals surface area contributed by atoms with Gasteiger partial charge < -0.3 is 14.4 Å². The molecule has 0 radical (unpaired) electrons. The lowest BCUT2D eigenvalue weighted by Crippen LogP contribution is -2.40. The maximum atomic E-state index is 11.9. The summed E-state index contributed by atoms with van der Waals surface area (Å²) in [5.41, 5.74) is 0. The third-order valence-corrected chi connectivity index (χ3v) is 2.52. The fourth-order valence-electron chi connectivity index (χ4n) is 1.59. The third-order valence-electron chi connectivity index (χ3n) is 2.52. The lowest BCUT2D eigenvalue weighted by molar-refractivity contribution is -0.141. The molecule has 0 atom stereocenters. The second-order valence-electron chi connectivity index (χ2n) is 3.96. The number of ether oxygens (including phenoxy) is 2. The summed E-state index contributed by atoms with van der Waals surface area (Å²) in [6.45, 7) is 3.43. The molecule has 1 fully saturated rings. The molecule has 0 bridgehead atoms. The number of aliphatic imine (C=N–C) groups is 1. The van der Waals surface area contributed by atoms with Gasteiger partial charge in [0.15, 0.2) is 0 Å². The molecule has 0 aromatic rings. The molecule has 0 saturated carbocycles. The third kappa shape index (κ3) is 6.42. The van der Waals surface area contributed by atoms with Crippen LogP contribution in [0.3, 0.4) is 0 Å². The Kier molecular flexibility index (Phi) is 6.07. The number of hydrogen-bond acceptors (Lipinski definition) is 3. The van der Waals surface area contributed by atoms with Crippen LogP contribution in [0.25, 0.3) is 0 Å². The number of nitrogens with zero attached hydrogens (tertiary/aromatic N) is 2. The van der Waals surface area contributed by atoms with Crippen LogP contribution < -0.4 is 0 Å². The molecule has 0 aromatic carbocycles. The molecule has 1 saturated heterocycles. The largest absolute Gasteiger partial charge is 0.448 e. The van der Waals surface area contributed by atoms with Gasteiger partial charge in [-0.1, -0.05) is 6.92 Å². The Bertz CT molecular complexity index is 326. The first-order chi connectivity index (χ1) is 8.92. The van der Waals surface area contributed by atoms with Crippen LogP contribution in [-0.2, 0) is 9.47 Å². The fraction of sp³-hybridized carbons (Fsp3) is 0.818. The molecule has 0 unspecified atom stereocenters. The van der Waals surface area contributed by atoms with E-state index in [1.165, 1.54) is 0 Å². The molecular weight excluding hydrogens is 265 g/mol. The van der Waals surface area contributed by atoms with Crippen molar-refractivity contribution in [3.63, 3.8) is 0 Å². The molecule has 0 aromatic heterocycles. The Hall–Kier alpha value is -1.31. The zero-order chi connectivity index (χ0) is 14.3. The summed E-state index contributed by atoms with van der Waals surface area (Å²) in [7, 11) is 0. The molecule has 1 amide bonds. The maximum Gasteiger partial charge on any atom is 0.435 e. The van der Waals surface area contributed by atoms with Crippen LogP contribution in [0.2, 0.25) is 0 Å². The smallest absolute Gasteiger partial charge is 0.435 e. The van der Waals surface area contributed by atoms with Gasteiger partial charge in [-0.15, -0.1) is 0 Å². The minimum atomic E-state index is -4.33. The quantitative estimate of drug-likeness (QED) is 0.588. The Morgan fingerprint density at radius 3 is 2.53 bits per heavy atom. The molecule has 19 heavy (non-hydrogen) atoms. The van der Waals surface area contributed by atoms with E-state index in [-0.39, 0.29) is 0 Å². The van der Waals surface area contributed by atoms with Crippen molar-refractivity contribution in [2.45, 2.75) is 25.9 Å². The number of amidine groups is 1. The summed E-state index contributed by atoms with van der Waals surface area (Å²) in [5, 5.41) is 0. The van der Waals surface area contributed by atoms with Gasteiger partial charge in [0, 0.05) is 19.5 Å². The number of amides is 1. The predicted molar refractivity (Wildman–Crippen MR) is 62.1 cm³/mol. The first-order valence-corrected chi connectivity index (χ1v) is 6.06. The Morgan fingerprint density at radius 1 is 1.37 bits per heavy atom. The number of hydrogen-bond donors (Lipinski definition) is 0. The van der Waals surface area contributed by atoms with Crippen LogP contribution in [0.15, 0.2) is 4.99 Å². The van der Waals surface area contributed by atoms with E-state index in [4.69, 9.17) is 4.74 Å². The van der Waals surface area contributed by atoms with Crippen molar-refractivity contribution >= 4 is 11.9 Å². The molecule has 1 rings (SSSR count). The van der Waals surface area contributed by atoms with Crippen molar-refractivity contribution in [3.8, 4) is 0 Å². The SMILES string of the molecule is CC/C(=N/C(=O)OCCC(F)(F)F)N1CCOCC1. The van der Waals surface area contributed by atoms with E-state index in [1.54, 1.807) is 0 Å². The van der Waals surface area contributed by atoms with Gasteiger partial charge in [-0.2, -0.15) is 18.2 Å². The summed E-state index contributed by atoms with van der Waals surface area (Å²) >= 11 is 0. The van der Waals surface area contributed by atoms with Crippen LogP contribution >= 0.6 is 0 Å². The van der Waals surface area contributed by atoms with E-state index in [0.717, 1.165) is 0 Å². The Labute approximate surface area is 109 Å². The number of rotatable bonds is 3. The van der Waals surface area contributed by atoms with Crippen molar-refractivity contribution in [1.82, 2.24) is 4.90 Å². The number of alkyl halides is 3. The van der Waals surface area contributed by atoms with Gasteiger partial charge in [-0.3, -0.25) is 0 Å². The lowest BCUT2D eigenvalue weighted by atomic mass is 10.3. The molecule has 1 aliphatic heterocycles. The molecular formula is C11H17F3N2O3. The zero-order valence-corrected chi connectivity index (χ0v) is 10.7. The van der Waals surface area contributed by atoms with E-state index in [2.05, 4.69) is 9.73 Å². The first kappa shape index (κ1) is 15.7. The number of carbonyl (C=O) groups is 1. The molecule has 0 aliphatic carbocycles. The van der Waals surface area contributed by atoms with Gasteiger partial charge in [0.25, 0.3) is 0 Å². The highest BCUT2D eigenvalue weighted by Gasteiger charge is 2.27. The van der Waals surface area contributed by atoms with Crippen molar-refractivity contribution in [3.05, 3.63) is 0 Å². The molecule has 8 heteroatoms. The second kappa shape index (κ2) is 7.32. The average Bonchev–Trinajstić information content (AvgIpc) is 2.35. The van der Waals surface area contributed by atoms with E-state index < -0.39 is 25.3 Å². The van der Waals surface area contributed by atoms with Crippen molar-refractivity contribution in [1.29, 1.82) is 0 Å². The van der Waals surface area contributed by atoms with Crippen molar-refractivity contribution in [2.75, 3.05) is 32.9 Å². The zero-order valence-electron chi connectivity index (χ0n) is 10.7. The summed E-state index contributed by atoms with van der Waals surface area (Å²) in [6, 6.07) is 0. The van der Waals surface area contributed by atoms with Gasteiger partial charge in [0.2, 0.25) is 0 Å². The lowest BCUT2D eigenvalue weighted by Gasteiger charge is -2.29. The van der Waals surface area contributed by atoms with Gasteiger partial charge in [-0.25, -0.2) is 4.79 Å². The van der Waals surface area contributed by atoms with Crippen molar-refractivity contribution < 1.29 is 27.4 Å². The van der Waals surface area contributed by atoms with Gasteiger partial charge in [-0.05, 0) is 0 Å². The van der Waals surface area contributed by atoms with E-state index >= 15 is 0 Å². The summed E-state index contributed by atoms with van der Waals surface area (Å²) in [4.78, 5) is 16.9. The number of halogens is 3. The molecule has 1 aliphatic rings. The number of morpholine rings is 1. The topological polar surface area (TPSA) is 51.1 Å². The summed E-state index contributed by atoms with van der Waals surface area (Å²) in [6.07, 6.45) is -5.96. The minimum absolute atomic E-state index is 0.508. The molecule has 110 valence electrons. The monoisotopic (exact) mass is 282 g/mol. The normalized spacial score (nSPS) is 17.5. The van der Waals surface area contributed by atoms with Gasteiger partial charge in [0.1, 0.15) is 12.4 Å². The highest BCUT2D eigenvalue weighted by atomic mass is 19.4. The first-order valence-electron chi connectivity index (χ1n) is 6.06. The molecule has 0 spiro atoms. The Balaban J connectivity index is 2.43.